The highest BCUT2D eigenvalue weighted by molar-refractivity contribution is 5.77. The zero-order valence-electron chi connectivity index (χ0n) is 40.0. The molecule has 0 aliphatic rings. The fraction of sp³-hybridized carbons (Fsp3) is 0.643. The maximum atomic E-state index is 13.2. The van der Waals surface area contributed by atoms with Crippen LogP contribution in [-0.4, -0.2) is 46.9 Å². The van der Waals surface area contributed by atoms with Gasteiger partial charge in [-0.15, -0.1) is 0 Å². The molecule has 6 heteroatoms. The highest BCUT2D eigenvalue weighted by Crippen LogP contribution is 2.16. The molecule has 0 aromatic carbocycles. The van der Waals surface area contributed by atoms with Gasteiger partial charge in [0.15, 0.2) is 0 Å². The van der Waals surface area contributed by atoms with Crippen molar-refractivity contribution in [3.05, 3.63) is 109 Å². The Bertz CT molecular complexity index is 1280. The van der Waals surface area contributed by atoms with Gasteiger partial charge in [0.25, 0.3) is 0 Å². The Balaban J connectivity index is 4.79. The molecule has 3 atom stereocenters. The Labute approximate surface area is 381 Å². The molecule has 0 rings (SSSR count). The van der Waals surface area contributed by atoms with Gasteiger partial charge in [-0.3, -0.25) is 9.59 Å². The molecule has 62 heavy (non-hydrogen) atoms. The van der Waals surface area contributed by atoms with Gasteiger partial charge in [0, 0.05) is 6.42 Å². The van der Waals surface area contributed by atoms with Crippen LogP contribution >= 0.6 is 0 Å². The van der Waals surface area contributed by atoms with E-state index in [-0.39, 0.29) is 24.9 Å². The molecule has 0 spiro atoms. The normalized spacial score (nSPS) is 14.2. The first-order valence-corrected chi connectivity index (χ1v) is 25.1. The summed E-state index contributed by atoms with van der Waals surface area (Å²) in [6, 6.07) is -0.737. The van der Waals surface area contributed by atoms with Gasteiger partial charge in [0.05, 0.1) is 25.2 Å². The highest BCUT2D eigenvalue weighted by atomic mass is 16.5. The van der Waals surface area contributed by atoms with Crippen LogP contribution in [0, 0.1) is 0 Å². The van der Waals surface area contributed by atoms with E-state index in [1.807, 2.05) is 0 Å². The first-order valence-electron chi connectivity index (χ1n) is 25.1. The minimum atomic E-state index is -0.817. The molecule has 0 aliphatic heterocycles. The maximum Gasteiger partial charge on any atom is 0.306 e. The van der Waals surface area contributed by atoms with Crippen LogP contribution in [0.3, 0.4) is 0 Å². The highest BCUT2D eigenvalue weighted by Gasteiger charge is 2.24. The van der Waals surface area contributed by atoms with E-state index in [0.29, 0.717) is 25.7 Å². The topological polar surface area (TPSA) is 95.9 Å². The minimum absolute atomic E-state index is 0.0105. The monoisotopic (exact) mass is 860 g/mol. The van der Waals surface area contributed by atoms with Gasteiger partial charge < -0.3 is 20.3 Å². The van der Waals surface area contributed by atoms with Gasteiger partial charge in [-0.05, 0) is 96.3 Å². The van der Waals surface area contributed by atoms with Crippen molar-refractivity contribution in [1.82, 2.24) is 5.32 Å². The van der Waals surface area contributed by atoms with E-state index in [4.69, 9.17) is 4.74 Å². The molecular weight excluding hydrogens is 767 g/mol. The predicted molar refractivity (Wildman–Crippen MR) is 268 cm³/mol. The van der Waals surface area contributed by atoms with Crippen LogP contribution in [0.2, 0.25) is 0 Å². The molecule has 0 saturated carbocycles. The molecule has 0 aromatic rings. The number of allylic oxidation sites excluding steroid dienone is 18. The molecule has 0 fully saturated rings. The van der Waals surface area contributed by atoms with E-state index in [1.165, 1.54) is 57.8 Å². The lowest BCUT2D eigenvalue weighted by Crippen LogP contribution is -2.46. The molecule has 0 bridgehead atoms. The smallest absolute Gasteiger partial charge is 0.306 e. The lowest BCUT2D eigenvalue weighted by atomic mass is 10.0. The Morgan fingerprint density at radius 3 is 1.29 bits per heavy atom. The summed E-state index contributed by atoms with van der Waals surface area (Å²) in [6.45, 7) is 6.21. The summed E-state index contributed by atoms with van der Waals surface area (Å²) in [4.78, 5) is 26.1. The van der Waals surface area contributed by atoms with Crippen molar-refractivity contribution in [1.29, 1.82) is 0 Å². The number of ether oxygens (including phenoxy) is 1. The number of rotatable bonds is 43. The van der Waals surface area contributed by atoms with E-state index in [9.17, 15) is 19.8 Å². The average molecular weight is 860 g/mol. The van der Waals surface area contributed by atoms with Gasteiger partial charge in [0.1, 0.15) is 6.10 Å². The number of carbonyl (C=O) groups is 2. The first kappa shape index (κ1) is 58.5. The summed E-state index contributed by atoms with van der Waals surface area (Å²) in [6.07, 6.45) is 65.8. The van der Waals surface area contributed by atoms with E-state index in [2.05, 4.69) is 135 Å². The van der Waals surface area contributed by atoms with Gasteiger partial charge in [-0.25, -0.2) is 0 Å². The minimum Gasteiger partial charge on any atom is -0.462 e. The van der Waals surface area contributed by atoms with Crippen molar-refractivity contribution in [2.75, 3.05) is 6.61 Å². The predicted octanol–water partition coefficient (Wildman–Crippen LogP) is 15.1. The second kappa shape index (κ2) is 48.6. The summed E-state index contributed by atoms with van der Waals surface area (Å²) in [7, 11) is 0. The van der Waals surface area contributed by atoms with Crippen molar-refractivity contribution in [2.24, 2.45) is 0 Å². The molecule has 3 N–H and O–H groups in total. The fourth-order valence-corrected chi connectivity index (χ4v) is 6.87. The standard InChI is InChI=1S/C56H93NO5/c1-4-7-10-13-16-19-22-25-27-28-29-31-34-37-40-43-46-49-56(61)62-52(47-44-41-38-35-32-30-26-23-20-17-14-11-8-5-2)50-55(60)57-53(51-58)54(59)48-45-42-39-36-33-24-21-18-15-12-9-6-3/h7-8,10-11,16-17,19-20,25-27,29-31,35,37-38,40,52-54,58-59H,4-6,9,12-15,18,21-24,28,32-34,36,39,41-51H2,1-3H3,(H,57,60)/b10-7-,11-8+,19-16-,20-17+,27-25-,30-26+,31-29-,38-35+,40-37-. The molecule has 0 aliphatic carbocycles. The molecular formula is C56H93NO5. The third-order valence-electron chi connectivity index (χ3n) is 10.6. The molecule has 0 heterocycles. The van der Waals surface area contributed by atoms with Gasteiger partial charge in [-0.2, -0.15) is 0 Å². The Hall–Kier alpha value is -3.48. The second-order valence-corrected chi connectivity index (χ2v) is 16.4. The number of aliphatic hydroxyl groups is 2. The number of carbonyl (C=O) groups excluding carboxylic acids is 2. The van der Waals surface area contributed by atoms with Crippen molar-refractivity contribution >= 4 is 11.9 Å². The SMILES string of the molecule is CC/C=C\C/C=C\C/C=C\C/C=C\C/C=C\CCCC(=O)OC(CCC/C=C/C/C=C/C/C=C/C/C=C/CC)CC(=O)NC(CO)C(O)CCCCCCCCCCCCCC. The van der Waals surface area contributed by atoms with E-state index < -0.39 is 18.2 Å². The zero-order valence-corrected chi connectivity index (χ0v) is 40.0. The van der Waals surface area contributed by atoms with Crippen LogP contribution in [0.15, 0.2) is 109 Å². The van der Waals surface area contributed by atoms with Crippen molar-refractivity contribution in [3.8, 4) is 0 Å². The maximum absolute atomic E-state index is 13.2. The molecule has 0 saturated heterocycles. The molecule has 6 nitrogen and oxygen atoms in total. The third-order valence-corrected chi connectivity index (χ3v) is 10.6. The molecule has 0 radical (unpaired) electrons. The summed E-state index contributed by atoms with van der Waals surface area (Å²) in [5, 5.41) is 23.7. The van der Waals surface area contributed by atoms with Crippen LogP contribution in [-0.2, 0) is 14.3 Å². The zero-order chi connectivity index (χ0) is 45.2. The number of amides is 1. The quantitative estimate of drug-likeness (QED) is 0.0322. The summed E-state index contributed by atoms with van der Waals surface area (Å²) >= 11 is 0. The van der Waals surface area contributed by atoms with Crippen molar-refractivity contribution in [2.45, 2.75) is 225 Å². The second-order valence-electron chi connectivity index (χ2n) is 16.4. The Morgan fingerprint density at radius 2 is 0.871 bits per heavy atom. The van der Waals surface area contributed by atoms with Gasteiger partial charge in [-0.1, -0.05) is 207 Å². The van der Waals surface area contributed by atoms with Gasteiger partial charge >= 0.3 is 5.97 Å². The largest absolute Gasteiger partial charge is 0.462 e. The van der Waals surface area contributed by atoms with Crippen molar-refractivity contribution in [3.63, 3.8) is 0 Å². The summed E-state index contributed by atoms with van der Waals surface area (Å²) in [5.41, 5.74) is 0. The number of esters is 1. The molecule has 1 amide bonds. The fourth-order valence-electron chi connectivity index (χ4n) is 6.87. The molecule has 352 valence electrons. The number of aliphatic hydroxyl groups excluding tert-OH is 2. The van der Waals surface area contributed by atoms with Crippen LogP contribution in [0.4, 0.5) is 0 Å². The average Bonchev–Trinajstić information content (AvgIpc) is 3.26. The van der Waals surface area contributed by atoms with Crippen LogP contribution in [0.1, 0.15) is 207 Å². The Kier molecular flexibility index (Phi) is 45.8. The van der Waals surface area contributed by atoms with Crippen LogP contribution < -0.4 is 5.32 Å². The lowest BCUT2D eigenvalue weighted by molar-refractivity contribution is -0.151. The Morgan fingerprint density at radius 1 is 0.484 bits per heavy atom. The number of unbranched alkanes of at least 4 members (excludes halogenated alkanes) is 13. The summed E-state index contributed by atoms with van der Waals surface area (Å²) in [5.74, 6) is -0.609. The lowest BCUT2D eigenvalue weighted by Gasteiger charge is -2.24. The van der Waals surface area contributed by atoms with Crippen molar-refractivity contribution < 1.29 is 24.5 Å². The number of nitrogens with one attached hydrogen (secondary N) is 1. The van der Waals surface area contributed by atoms with E-state index in [1.54, 1.807) is 0 Å². The van der Waals surface area contributed by atoms with Crippen LogP contribution in [0.25, 0.3) is 0 Å². The number of hydrogen-bond acceptors (Lipinski definition) is 5. The van der Waals surface area contributed by atoms with Crippen LogP contribution in [0.5, 0.6) is 0 Å². The van der Waals surface area contributed by atoms with Gasteiger partial charge in [0.2, 0.25) is 5.91 Å². The summed E-state index contributed by atoms with van der Waals surface area (Å²) < 4.78 is 5.87. The third kappa shape index (κ3) is 43.2. The molecule has 3 unspecified atom stereocenters. The van der Waals surface area contributed by atoms with E-state index >= 15 is 0 Å². The number of hydrogen-bond donors (Lipinski definition) is 3. The molecule has 0 aromatic heterocycles. The van der Waals surface area contributed by atoms with E-state index in [0.717, 1.165) is 96.3 Å². The first-order chi connectivity index (χ1) is 30.5.